The molecule has 3 N–H and O–H groups in total. The maximum absolute atomic E-state index is 13.9. The number of aliphatic carboxylic acids is 1. The van der Waals surface area contributed by atoms with E-state index in [4.69, 9.17) is 9.47 Å². The Kier molecular flexibility index (Phi) is 8.28. The van der Waals surface area contributed by atoms with Crippen LogP contribution in [0.15, 0.2) is 23.8 Å². The monoisotopic (exact) mass is 577 g/mol. The van der Waals surface area contributed by atoms with Crippen molar-refractivity contribution in [2.45, 2.75) is 90.7 Å². The van der Waals surface area contributed by atoms with Gasteiger partial charge in [-0.15, -0.1) is 0 Å². The lowest BCUT2D eigenvalue weighted by molar-refractivity contribution is -0.150. The maximum Gasteiger partial charge on any atom is 0.309 e. The third kappa shape index (κ3) is 5.73. The third-order valence-electron chi connectivity index (χ3n) is 10.2. The fourth-order valence-electron chi connectivity index (χ4n) is 7.13. The number of carboxylic acids is 1. The number of fused-ring (bicyclic) bond motifs is 1. The lowest BCUT2D eigenvalue weighted by Gasteiger charge is -2.39. The van der Waals surface area contributed by atoms with E-state index in [1.165, 1.54) is 25.2 Å². The molecule has 3 fully saturated rings. The van der Waals surface area contributed by atoms with Crippen LogP contribution in [0.4, 0.5) is 0 Å². The number of allylic oxidation sites excluding steroid dienone is 1. The fourth-order valence-corrected chi connectivity index (χ4v) is 7.13. The second-order valence-corrected chi connectivity index (χ2v) is 13.3. The van der Waals surface area contributed by atoms with Gasteiger partial charge < -0.3 is 25.2 Å². The van der Waals surface area contributed by atoms with Gasteiger partial charge in [0, 0.05) is 30.5 Å². The zero-order valence-electron chi connectivity index (χ0n) is 25.1. The molecule has 0 radical (unpaired) electrons. The average molecular weight is 578 g/mol. The number of rotatable bonds is 11. The number of methoxy groups -OCH3 is 1. The van der Waals surface area contributed by atoms with Crippen molar-refractivity contribution < 1.29 is 29.0 Å². The molecule has 0 spiro atoms. The first-order valence-electron chi connectivity index (χ1n) is 15.3. The number of nitrogens with zero attached hydrogens (tertiary/aromatic N) is 1. The number of nitrogens with one attached hydrogen (secondary N) is 2. The third-order valence-corrected chi connectivity index (χ3v) is 10.2. The zero-order chi connectivity index (χ0) is 30.2. The normalized spacial score (nSPS) is 30.5. The van der Waals surface area contributed by atoms with Crippen LogP contribution in [0.25, 0.3) is 0 Å². The van der Waals surface area contributed by atoms with Gasteiger partial charge in [-0.05, 0) is 63.4 Å². The molecule has 0 aliphatic heterocycles. The molecule has 1 aromatic carbocycles. The topological polar surface area (TPSA) is 138 Å². The molecule has 0 heterocycles. The number of benzene rings is 1. The highest BCUT2D eigenvalue weighted by atomic mass is 16.5. The minimum absolute atomic E-state index is 0.00949. The van der Waals surface area contributed by atoms with E-state index in [1.807, 2.05) is 0 Å². The number of ether oxygens (including phenoxy) is 2. The van der Waals surface area contributed by atoms with Gasteiger partial charge in [-0.1, -0.05) is 38.3 Å². The Bertz CT molecular complexity index is 1320. The van der Waals surface area contributed by atoms with E-state index in [2.05, 4.69) is 36.6 Å². The van der Waals surface area contributed by atoms with Crippen LogP contribution in [-0.2, 0) is 9.59 Å². The Morgan fingerprint density at radius 3 is 2.40 bits per heavy atom. The van der Waals surface area contributed by atoms with Crippen molar-refractivity contribution in [3.8, 4) is 17.6 Å². The van der Waals surface area contributed by atoms with E-state index in [-0.39, 0.29) is 69.8 Å². The first-order chi connectivity index (χ1) is 20.0. The summed E-state index contributed by atoms with van der Waals surface area (Å²) >= 11 is 0. The molecule has 4 aliphatic rings. The summed E-state index contributed by atoms with van der Waals surface area (Å²) in [6.45, 7) is 6.72. The number of carboxylic acid groups (broad SMARTS) is 1. The summed E-state index contributed by atoms with van der Waals surface area (Å²) in [5.74, 6) is -0.826. The molecule has 5 rings (SSSR count). The van der Waals surface area contributed by atoms with Gasteiger partial charge in [0.25, 0.3) is 5.91 Å². The van der Waals surface area contributed by atoms with Crippen LogP contribution in [-0.4, -0.2) is 48.7 Å². The molecule has 226 valence electrons. The van der Waals surface area contributed by atoms with Crippen LogP contribution in [0.3, 0.4) is 0 Å². The standard InChI is InChI=1S/C33H43N3O6/c1-5-7-21-22-15-23(22)27(30(38)35-18-32(2)10-6-11-32)28(21)36-29(37)24-16-25(19(17-34)14-26(24)41-4)42-20-8-12-33(3,13-9-20)31(39)40/h14-16,20-21,23,27-28H,5-13,18H2,1-4H3,(H,35,38)(H,36,37)(H,39,40)/t20?,21-,23-,27-,28+,33?/m0/s1. The Hall–Kier alpha value is -3.54. The van der Waals surface area contributed by atoms with E-state index in [0.717, 1.165) is 25.7 Å². The Morgan fingerprint density at radius 2 is 1.83 bits per heavy atom. The minimum atomic E-state index is -0.812. The van der Waals surface area contributed by atoms with Gasteiger partial charge in [-0.3, -0.25) is 14.4 Å². The molecule has 3 saturated carbocycles. The molecule has 4 aliphatic carbocycles. The molecule has 1 aromatic rings. The van der Waals surface area contributed by atoms with Crippen LogP contribution in [0.2, 0.25) is 0 Å². The highest BCUT2D eigenvalue weighted by Crippen LogP contribution is 2.54. The fraction of sp³-hybridized carbons (Fsp3) is 0.636. The molecule has 9 nitrogen and oxygen atoms in total. The van der Waals surface area contributed by atoms with Crippen molar-refractivity contribution in [3.63, 3.8) is 0 Å². The van der Waals surface area contributed by atoms with Gasteiger partial charge in [-0.25, -0.2) is 0 Å². The van der Waals surface area contributed by atoms with Crippen molar-refractivity contribution in [1.29, 1.82) is 5.26 Å². The van der Waals surface area contributed by atoms with Crippen molar-refractivity contribution >= 4 is 17.8 Å². The van der Waals surface area contributed by atoms with Gasteiger partial charge in [-0.2, -0.15) is 5.26 Å². The second-order valence-electron chi connectivity index (χ2n) is 13.3. The molecule has 0 saturated heterocycles. The number of nitriles is 1. The molecule has 42 heavy (non-hydrogen) atoms. The van der Waals surface area contributed by atoms with Crippen molar-refractivity contribution in [1.82, 2.24) is 10.6 Å². The molecule has 4 atom stereocenters. The Morgan fingerprint density at radius 1 is 1.12 bits per heavy atom. The number of amides is 2. The van der Waals surface area contributed by atoms with Crippen molar-refractivity contribution in [2.75, 3.05) is 13.7 Å². The summed E-state index contributed by atoms with van der Waals surface area (Å²) < 4.78 is 11.7. The van der Waals surface area contributed by atoms with Crippen LogP contribution < -0.4 is 20.1 Å². The van der Waals surface area contributed by atoms with E-state index in [0.29, 0.717) is 32.2 Å². The SMILES string of the molecule is CCC[C@H]1C2=C[C@@H]2[C@H](C(=O)NCC2(C)CCC2)[C@@H]1NC(=O)c1cc(OC2CCC(C)(C(=O)O)CC2)c(C#N)cc1OC. The lowest BCUT2D eigenvalue weighted by Crippen LogP contribution is -2.50. The van der Waals surface area contributed by atoms with Crippen molar-refractivity contribution in [3.05, 3.63) is 34.9 Å². The van der Waals surface area contributed by atoms with E-state index in [9.17, 15) is 24.8 Å². The molecule has 0 aromatic heterocycles. The van der Waals surface area contributed by atoms with Crippen LogP contribution in [0, 0.1) is 39.9 Å². The number of hydrogen-bond acceptors (Lipinski definition) is 6. The van der Waals surface area contributed by atoms with E-state index >= 15 is 0 Å². The van der Waals surface area contributed by atoms with Gasteiger partial charge in [0.2, 0.25) is 5.91 Å². The van der Waals surface area contributed by atoms with Crippen LogP contribution >= 0.6 is 0 Å². The number of carbonyl (C=O) groups is 3. The summed E-state index contributed by atoms with van der Waals surface area (Å²) in [5, 5.41) is 25.8. The highest BCUT2D eigenvalue weighted by molar-refractivity contribution is 5.98. The summed E-state index contributed by atoms with van der Waals surface area (Å²) in [6, 6.07) is 4.86. The smallest absolute Gasteiger partial charge is 0.309 e. The maximum atomic E-state index is 13.9. The van der Waals surface area contributed by atoms with E-state index in [1.54, 1.807) is 13.0 Å². The molecule has 0 unspecified atom stereocenters. The quantitative estimate of drug-likeness (QED) is 0.315. The largest absolute Gasteiger partial charge is 0.496 e. The molecular weight excluding hydrogens is 534 g/mol. The highest BCUT2D eigenvalue weighted by Gasteiger charge is 2.55. The number of hydrogen-bond donors (Lipinski definition) is 3. The summed E-state index contributed by atoms with van der Waals surface area (Å²) in [6.07, 6.45) is 9.17. The number of carbonyl (C=O) groups excluding carboxylic acids is 2. The Balaban J connectivity index is 1.34. The van der Waals surface area contributed by atoms with Gasteiger partial charge in [0.1, 0.15) is 17.6 Å². The van der Waals surface area contributed by atoms with Crippen LogP contribution in [0.1, 0.15) is 94.5 Å². The Labute approximate surface area is 248 Å². The first-order valence-corrected chi connectivity index (χ1v) is 15.3. The van der Waals surface area contributed by atoms with Crippen LogP contribution in [0.5, 0.6) is 11.5 Å². The predicted molar refractivity (Wildman–Crippen MR) is 156 cm³/mol. The zero-order valence-corrected chi connectivity index (χ0v) is 25.1. The molecule has 2 amide bonds. The van der Waals surface area contributed by atoms with Gasteiger partial charge in [0.05, 0.1) is 35.7 Å². The second kappa shape index (κ2) is 11.6. The predicted octanol–water partition coefficient (Wildman–Crippen LogP) is 4.99. The summed E-state index contributed by atoms with van der Waals surface area (Å²) in [4.78, 5) is 39.0. The molecular formula is C33H43N3O6. The average Bonchev–Trinajstić information content (AvgIpc) is 3.68. The van der Waals surface area contributed by atoms with Gasteiger partial charge >= 0.3 is 5.97 Å². The van der Waals surface area contributed by atoms with E-state index < -0.39 is 11.4 Å². The van der Waals surface area contributed by atoms with Crippen molar-refractivity contribution in [2.24, 2.45) is 28.6 Å². The van der Waals surface area contributed by atoms with Gasteiger partial charge in [0.15, 0.2) is 0 Å². The first kappa shape index (κ1) is 29.9. The molecule has 0 bridgehead atoms. The summed E-state index contributed by atoms with van der Waals surface area (Å²) in [7, 11) is 1.45. The molecule has 9 heteroatoms. The summed E-state index contributed by atoms with van der Waals surface area (Å²) in [5.41, 5.74) is 1.12. The minimum Gasteiger partial charge on any atom is -0.496 e. The lowest BCUT2D eigenvalue weighted by atomic mass is 9.70.